The fraction of sp³-hybridized carbons (Fsp3) is 0.857. The molecule has 21 heavy (non-hydrogen) atoms. The number of halogens is 3. The van der Waals surface area contributed by atoms with Crippen LogP contribution in [-0.4, -0.2) is 41.0 Å². The number of alkyl halides is 3. The molecule has 1 saturated heterocycles. The summed E-state index contributed by atoms with van der Waals surface area (Å²) < 4.78 is 36.8. The lowest BCUT2D eigenvalue weighted by atomic mass is 9.94. The third-order valence-electron chi connectivity index (χ3n) is 4.37. The second-order valence-corrected chi connectivity index (χ2v) is 6.30. The highest BCUT2D eigenvalue weighted by molar-refractivity contribution is 5.94. The first-order chi connectivity index (χ1) is 9.63. The average Bonchev–Trinajstić information content (AvgIpc) is 3.15. The Balaban J connectivity index is 2.09. The molecule has 120 valence electrons. The van der Waals surface area contributed by atoms with Gasteiger partial charge in [-0.05, 0) is 39.0 Å². The van der Waals surface area contributed by atoms with Gasteiger partial charge < -0.3 is 10.2 Å². The number of nitrogens with zero attached hydrogens (tertiary/aromatic N) is 1. The molecule has 2 rings (SSSR count). The van der Waals surface area contributed by atoms with Gasteiger partial charge in [-0.1, -0.05) is 0 Å². The van der Waals surface area contributed by atoms with Gasteiger partial charge in [0.1, 0.15) is 5.54 Å². The van der Waals surface area contributed by atoms with Gasteiger partial charge >= 0.3 is 6.18 Å². The largest absolute Gasteiger partial charge is 0.389 e. The highest BCUT2D eigenvalue weighted by Crippen LogP contribution is 2.42. The Hall–Kier alpha value is -1.27. The number of amides is 2. The third kappa shape index (κ3) is 3.68. The zero-order chi connectivity index (χ0) is 15.8. The molecule has 0 bridgehead atoms. The van der Waals surface area contributed by atoms with Crippen LogP contribution >= 0.6 is 0 Å². The van der Waals surface area contributed by atoms with Crippen LogP contribution < -0.4 is 5.32 Å². The summed E-state index contributed by atoms with van der Waals surface area (Å²) in [6, 6.07) is -0.369. The maximum absolute atomic E-state index is 12.7. The Morgan fingerprint density at radius 2 is 1.95 bits per heavy atom. The molecule has 2 fully saturated rings. The van der Waals surface area contributed by atoms with E-state index in [1.165, 1.54) is 4.90 Å². The Bertz CT molecular complexity index is 434. The van der Waals surface area contributed by atoms with Gasteiger partial charge in [0.05, 0.1) is 0 Å². The molecule has 0 aromatic carbocycles. The SMILES string of the molecule is CC1CC(=O)NC(C)(C2CC2)C(=O)N1CCCC(F)(F)F. The summed E-state index contributed by atoms with van der Waals surface area (Å²) >= 11 is 0. The van der Waals surface area contributed by atoms with Gasteiger partial charge in [0.2, 0.25) is 11.8 Å². The minimum absolute atomic E-state index is 0.0385. The van der Waals surface area contributed by atoms with Gasteiger partial charge in [0.15, 0.2) is 0 Å². The molecule has 1 saturated carbocycles. The molecule has 2 atom stereocenters. The van der Waals surface area contributed by atoms with Crippen LogP contribution in [0.3, 0.4) is 0 Å². The third-order valence-corrected chi connectivity index (χ3v) is 4.37. The molecule has 4 nitrogen and oxygen atoms in total. The van der Waals surface area contributed by atoms with E-state index < -0.39 is 18.1 Å². The molecule has 0 radical (unpaired) electrons. The molecule has 7 heteroatoms. The minimum Gasteiger partial charge on any atom is -0.342 e. The van der Waals surface area contributed by atoms with Crippen molar-refractivity contribution >= 4 is 11.8 Å². The van der Waals surface area contributed by atoms with Crippen molar-refractivity contribution in [3.63, 3.8) is 0 Å². The normalized spacial score (nSPS) is 31.1. The minimum atomic E-state index is -4.22. The molecule has 2 aliphatic rings. The summed E-state index contributed by atoms with van der Waals surface area (Å²) in [7, 11) is 0. The first kappa shape index (κ1) is 16.1. The van der Waals surface area contributed by atoms with Gasteiger partial charge in [0, 0.05) is 25.4 Å². The van der Waals surface area contributed by atoms with E-state index in [0.717, 1.165) is 12.8 Å². The Morgan fingerprint density at radius 1 is 1.33 bits per heavy atom. The van der Waals surface area contributed by atoms with Gasteiger partial charge in [-0.2, -0.15) is 13.2 Å². The summed E-state index contributed by atoms with van der Waals surface area (Å²) in [6.07, 6.45) is -3.38. The highest BCUT2D eigenvalue weighted by atomic mass is 19.4. The van der Waals surface area contributed by atoms with E-state index in [4.69, 9.17) is 0 Å². The molecular formula is C14H21F3N2O2. The summed E-state index contributed by atoms with van der Waals surface area (Å²) in [5.41, 5.74) is -0.958. The zero-order valence-electron chi connectivity index (χ0n) is 12.3. The number of carbonyl (C=O) groups is 2. The van der Waals surface area contributed by atoms with E-state index >= 15 is 0 Å². The first-order valence-corrected chi connectivity index (χ1v) is 7.32. The van der Waals surface area contributed by atoms with Crippen molar-refractivity contribution in [1.29, 1.82) is 0 Å². The molecule has 0 aromatic heterocycles. The highest BCUT2D eigenvalue weighted by Gasteiger charge is 2.52. The number of hydrogen-bond acceptors (Lipinski definition) is 2. The number of hydrogen-bond donors (Lipinski definition) is 1. The van der Waals surface area contributed by atoms with Crippen molar-refractivity contribution in [3.05, 3.63) is 0 Å². The molecular weight excluding hydrogens is 285 g/mol. The fourth-order valence-corrected chi connectivity index (χ4v) is 2.98. The van der Waals surface area contributed by atoms with E-state index in [9.17, 15) is 22.8 Å². The molecule has 2 unspecified atom stereocenters. The molecule has 2 amide bonds. The molecule has 1 aliphatic carbocycles. The summed E-state index contributed by atoms with van der Waals surface area (Å²) in [6.45, 7) is 3.44. The summed E-state index contributed by atoms with van der Waals surface area (Å²) in [4.78, 5) is 26.0. The van der Waals surface area contributed by atoms with E-state index in [-0.39, 0.29) is 43.2 Å². The van der Waals surface area contributed by atoms with Crippen LogP contribution in [0.25, 0.3) is 0 Å². The van der Waals surface area contributed by atoms with Gasteiger partial charge in [-0.3, -0.25) is 9.59 Å². The predicted octanol–water partition coefficient (Wildman–Crippen LogP) is 2.23. The maximum atomic E-state index is 12.7. The molecule has 0 spiro atoms. The fourth-order valence-electron chi connectivity index (χ4n) is 2.98. The quantitative estimate of drug-likeness (QED) is 0.866. The van der Waals surface area contributed by atoms with Crippen molar-refractivity contribution in [3.8, 4) is 0 Å². The van der Waals surface area contributed by atoms with Gasteiger partial charge in [-0.25, -0.2) is 0 Å². The topological polar surface area (TPSA) is 49.4 Å². The smallest absolute Gasteiger partial charge is 0.342 e. The van der Waals surface area contributed by atoms with Crippen LogP contribution in [0.2, 0.25) is 0 Å². The van der Waals surface area contributed by atoms with E-state index in [0.29, 0.717) is 0 Å². The number of rotatable bonds is 4. The van der Waals surface area contributed by atoms with Crippen LogP contribution in [0.5, 0.6) is 0 Å². The van der Waals surface area contributed by atoms with Gasteiger partial charge in [0.25, 0.3) is 0 Å². The lowest BCUT2D eigenvalue weighted by Crippen LogP contribution is -2.57. The van der Waals surface area contributed by atoms with Crippen molar-refractivity contribution in [2.45, 2.75) is 63.7 Å². The van der Waals surface area contributed by atoms with Crippen molar-refractivity contribution < 1.29 is 22.8 Å². The van der Waals surface area contributed by atoms with Crippen molar-refractivity contribution in [1.82, 2.24) is 10.2 Å². The second kappa shape index (κ2) is 5.50. The molecule has 1 heterocycles. The lowest BCUT2D eigenvalue weighted by molar-refractivity contribution is -0.145. The Kier molecular flexibility index (Phi) is 4.22. The molecule has 1 N–H and O–H groups in total. The average molecular weight is 306 g/mol. The Morgan fingerprint density at radius 3 is 2.48 bits per heavy atom. The van der Waals surface area contributed by atoms with Crippen LogP contribution in [0.4, 0.5) is 13.2 Å². The van der Waals surface area contributed by atoms with E-state index in [1.807, 2.05) is 0 Å². The summed E-state index contributed by atoms with van der Waals surface area (Å²) in [5.74, 6) is -0.349. The number of carbonyl (C=O) groups excluding carboxylic acids is 2. The molecule has 0 aromatic rings. The standard InChI is InChI=1S/C14H21F3N2O2/c1-9-8-11(20)18-13(2,10-4-5-10)12(21)19(9)7-3-6-14(15,16)17/h9-10H,3-8H2,1-2H3,(H,18,20). The van der Waals surface area contributed by atoms with E-state index in [1.54, 1.807) is 13.8 Å². The van der Waals surface area contributed by atoms with Crippen molar-refractivity contribution in [2.24, 2.45) is 5.92 Å². The van der Waals surface area contributed by atoms with Crippen molar-refractivity contribution in [2.75, 3.05) is 6.54 Å². The van der Waals surface area contributed by atoms with Gasteiger partial charge in [-0.15, -0.1) is 0 Å². The maximum Gasteiger partial charge on any atom is 0.389 e. The van der Waals surface area contributed by atoms with Crippen LogP contribution in [-0.2, 0) is 9.59 Å². The van der Waals surface area contributed by atoms with Crippen LogP contribution in [0.15, 0.2) is 0 Å². The predicted molar refractivity (Wildman–Crippen MR) is 70.4 cm³/mol. The van der Waals surface area contributed by atoms with Crippen LogP contribution in [0.1, 0.15) is 46.0 Å². The number of nitrogens with one attached hydrogen (secondary N) is 1. The molecule has 1 aliphatic heterocycles. The Labute approximate surface area is 122 Å². The second-order valence-electron chi connectivity index (χ2n) is 6.30. The van der Waals surface area contributed by atoms with Crippen LogP contribution in [0, 0.1) is 5.92 Å². The zero-order valence-corrected chi connectivity index (χ0v) is 12.3. The lowest BCUT2D eigenvalue weighted by Gasteiger charge is -2.34. The summed E-state index contributed by atoms with van der Waals surface area (Å²) in [5, 5.41) is 2.78. The first-order valence-electron chi connectivity index (χ1n) is 7.32. The monoisotopic (exact) mass is 306 g/mol. The van der Waals surface area contributed by atoms with E-state index in [2.05, 4.69) is 5.32 Å².